The van der Waals surface area contributed by atoms with E-state index in [-0.39, 0.29) is 0 Å². The first-order valence-electron chi connectivity index (χ1n) is 9.06. The molecule has 2 aromatic heterocycles. The number of ether oxygens (including phenoxy) is 2. The predicted molar refractivity (Wildman–Crippen MR) is 112 cm³/mol. The van der Waals surface area contributed by atoms with Crippen LogP contribution in [0.15, 0.2) is 63.5 Å². The normalized spacial score (nSPS) is 11.3. The van der Waals surface area contributed by atoms with E-state index >= 15 is 0 Å². The van der Waals surface area contributed by atoms with Gasteiger partial charge in [-0.05, 0) is 35.7 Å². The van der Waals surface area contributed by atoms with Crippen LogP contribution in [0.25, 0.3) is 0 Å². The van der Waals surface area contributed by atoms with Crippen LogP contribution in [0.2, 0.25) is 0 Å². The number of rotatable bonds is 9. The van der Waals surface area contributed by atoms with Crippen LogP contribution in [0.1, 0.15) is 16.2 Å². The van der Waals surface area contributed by atoms with Crippen LogP contribution in [0.5, 0.6) is 11.5 Å². The van der Waals surface area contributed by atoms with Crippen LogP contribution in [-0.4, -0.2) is 26.7 Å². The number of furan rings is 1. The molecule has 0 aliphatic rings. The minimum Gasteiger partial charge on any atom is -0.497 e. The highest BCUT2D eigenvalue weighted by atomic mass is 32.1. The van der Waals surface area contributed by atoms with Crippen LogP contribution in [0, 0.1) is 0 Å². The lowest BCUT2D eigenvalue weighted by Gasteiger charge is -2.13. The van der Waals surface area contributed by atoms with Gasteiger partial charge in [0.15, 0.2) is 5.96 Å². The quantitative estimate of drug-likeness (QED) is 0.423. The zero-order valence-electron chi connectivity index (χ0n) is 16.1. The number of guanidine groups is 1. The standard InChI is InChI=1S/C21H25N3O3S/c1-25-18-8-7-16(20(13-18)26-2)14-23-21(24-15-19-6-4-12-28-19)22-10-9-17-5-3-11-27-17/h3-8,11-13H,9-10,14-15H2,1-2H3,(H2,22,23,24). The molecule has 6 nitrogen and oxygen atoms in total. The maximum atomic E-state index is 5.47. The second-order valence-electron chi connectivity index (χ2n) is 6.03. The first kappa shape index (κ1) is 19.8. The van der Waals surface area contributed by atoms with Gasteiger partial charge in [-0.3, -0.25) is 0 Å². The van der Waals surface area contributed by atoms with Crippen molar-refractivity contribution in [3.8, 4) is 11.5 Å². The van der Waals surface area contributed by atoms with Crippen molar-refractivity contribution in [3.05, 3.63) is 70.3 Å². The van der Waals surface area contributed by atoms with Gasteiger partial charge in [0.1, 0.15) is 17.3 Å². The first-order valence-corrected chi connectivity index (χ1v) is 9.94. The molecule has 0 amide bonds. The SMILES string of the molecule is COc1ccc(CN=C(NCCc2ccco2)NCc2cccs2)c(OC)c1. The summed E-state index contributed by atoms with van der Waals surface area (Å²) in [6.07, 6.45) is 2.48. The third kappa shape index (κ3) is 5.79. The third-order valence-corrected chi connectivity index (χ3v) is 5.03. The van der Waals surface area contributed by atoms with Crippen molar-refractivity contribution >= 4 is 17.3 Å². The predicted octanol–water partition coefficient (Wildman–Crippen LogP) is 3.84. The Labute approximate surface area is 169 Å². The molecular formula is C21H25N3O3S. The van der Waals surface area contributed by atoms with Gasteiger partial charge in [0.2, 0.25) is 0 Å². The third-order valence-electron chi connectivity index (χ3n) is 4.16. The Kier molecular flexibility index (Phi) is 7.37. The second kappa shape index (κ2) is 10.4. The van der Waals surface area contributed by atoms with E-state index in [1.807, 2.05) is 36.4 Å². The van der Waals surface area contributed by atoms with Gasteiger partial charge >= 0.3 is 0 Å². The van der Waals surface area contributed by atoms with Gasteiger partial charge in [-0.25, -0.2) is 4.99 Å². The van der Waals surface area contributed by atoms with Crippen LogP contribution >= 0.6 is 11.3 Å². The summed E-state index contributed by atoms with van der Waals surface area (Å²) in [4.78, 5) is 5.98. The number of aliphatic imine (C=N–C) groups is 1. The van der Waals surface area contributed by atoms with E-state index in [9.17, 15) is 0 Å². The summed E-state index contributed by atoms with van der Waals surface area (Å²) in [6, 6.07) is 13.8. The molecule has 7 heteroatoms. The molecule has 1 aromatic carbocycles. The first-order chi connectivity index (χ1) is 13.8. The fourth-order valence-corrected chi connectivity index (χ4v) is 3.31. The van der Waals surface area contributed by atoms with Crippen molar-refractivity contribution in [2.75, 3.05) is 20.8 Å². The molecule has 0 bridgehead atoms. The van der Waals surface area contributed by atoms with Crippen molar-refractivity contribution < 1.29 is 13.9 Å². The molecule has 0 unspecified atom stereocenters. The molecule has 0 aliphatic carbocycles. The Morgan fingerprint density at radius 2 is 2.04 bits per heavy atom. The number of nitrogens with zero attached hydrogens (tertiary/aromatic N) is 1. The van der Waals surface area contributed by atoms with E-state index in [1.54, 1.807) is 31.8 Å². The van der Waals surface area contributed by atoms with E-state index < -0.39 is 0 Å². The zero-order chi connectivity index (χ0) is 19.6. The Morgan fingerprint density at radius 3 is 2.75 bits per heavy atom. The van der Waals surface area contributed by atoms with E-state index in [0.717, 1.165) is 48.3 Å². The largest absolute Gasteiger partial charge is 0.497 e. The molecule has 0 radical (unpaired) electrons. The summed E-state index contributed by atoms with van der Waals surface area (Å²) in [5, 5.41) is 8.82. The highest BCUT2D eigenvalue weighted by molar-refractivity contribution is 7.09. The Balaban J connectivity index is 1.65. The van der Waals surface area contributed by atoms with Crippen molar-refractivity contribution in [3.63, 3.8) is 0 Å². The van der Waals surface area contributed by atoms with E-state index in [1.165, 1.54) is 4.88 Å². The smallest absolute Gasteiger partial charge is 0.191 e. The van der Waals surface area contributed by atoms with Crippen molar-refractivity contribution in [1.82, 2.24) is 10.6 Å². The van der Waals surface area contributed by atoms with Gasteiger partial charge in [0.05, 0.1) is 33.6 Å². The Bertz CT molecular complexity index is 861. The summed E-state index contributed by atoms with van der Waals surface area (Å²) in [7, 11) is 3.29. The molecule has 2 heterocycles. The van der Waals surface area contributed by atoms with Gasteiger partial charge < -0.3 is 24.5 Å². The Hall–Kier alpha value is -2.93. The highest BCUT2D eigenvalue weighted by Crippen LogP contribution is 2.25. The van der Waals surface area contributed by atoms with Crippen molar-refractivity contribution in [2.45, 2.75) is 19.5 Å². The lowest BCUT2D eigenvalue weighted by atomic mass is 10.2. The average molecular weight is 400 g/mol. The molecule has 0 atom stereocenters. The zero-order valence-corrected chi connectivity index (χ0v) is 16.9. The summed E-state index contributed by atoms with van der Waals surface area (Å²) in [5.41, 5.74) is 0.992. The topological polar surface area (TPSA) is 68.0 Å². The molecule has 0 saturated carbocycles. The maximum absolute atomic E-state index is 5.47. The number of methoxy groups -OCH3 is 2. The highest BCUT2D eigenvalue weighted by Gasteiger charge is 2.06. The molecular weight excluding hydrogens is 374 g/mol. The number of hydrogen-bond donors (Lipinski definition) is 2. The summed E-state index contributed by atoms with van der Waals surface area (Å²) < 4.78 is 16.1. The van der Waals surface area contributed by atoms with Gasteiger partial charge in [-0.15, -0.1) is 11.3 Å². The molecule has 28 heavy (non-hydrogen) atoms. The monoisotopic (exact) mass is 399 g/mol. The van der Waals surface area contributed by atoms with Gasteiger partial charge in [-0.2, -0.15) is 0 Å². The Morgan fingerprint density at radius 1 is 1.11 bits per heavy atom. The van der Waals surface area contributed by atoms with Gasteiger partial charge in [0, 0.05) is 29.5 Å². The molecule has 3 aromatic rings. The molecule has 0 aliphatic heterocycles. The number of benzene rings is 1. The summed E-state index contributed by atoms with van der Waals surface area (Å²) in [6.45, 7) is 1.95. The van der Waals surface area contributed by atoms with Crippen LogP contribution in [0.3, 0.4) is 0 Å². The molecule has 148 valence electrons. The van der Waals surface area contributed by atoms with Gasteiger partial charge in [-0.1, -0.05) is 6.07 Å². The summed E-state index contributed by atoms with van der Waals surface area (Å²) in [5.74, 6) is 3.22. The molecule has 0 spiro atoms. The lowest BCUT2D eigenvalue weighted by molar-refractivity contribution is 0.391. The fraction of sp³-hybridized carbons (Fsp3) is 0.286. The minimum atomic E-state index is 0.494. The number of thiophene rings is 1. The maximum Gasteiger partial charge on any atom is 0.191 e. The van der Waals surface area contributed by atoms with Crippen molar-refractivity contribution in [2.24, 2.45) is 4.99 Å². The summed E-state index contributed by atoms with van der Waals surface area (Å²) >= 11 is 1.72. The van der Waals surface area contributed by atoms with E-state index in [2.05, 4.69) is 22.1 Å². The van der Waals surface area contributed by atoms with Crippen molar-refractivity contribution in [1.29, 1.82) is 0 Å². The molecule has 0 fully saturated rings. The number of nitrogens with one attached hydrogen (secondary N) is 2. The lowest BCUT2D eigenvalue weighted by Crippen LogP contribution is -2.38. The average Bonchev–Trinajstić information content (AvgIpc) is 3.43. The minimum absolute atomic E-state index is 0.494. The fourth-order valence-electron chi connectivity index (χ4n) is 2.66. The van der Waals surface area contributed by atoms with Gasteiger partial charge in [0.25, 0.3) is 0 Å². The molecule has 0 saturated heterocycles. The van der Waals surface area contributed by atoms with E-state index in [4.69, 9.17) is 18.9 Å². The molecule has 3 rings (SSSR count). The number of hydrogen-bond acceptors (Lipinski definition) is 5. The second-order valence-corrected chi connectivity index (χ2v) is 7.06. The van der Waals surface area contributed by atoms with Crippen LogP contribution in [0.4, 0.5) is 0 Å². The molecule has 2 N–H and O–H groups in total. The van der Waals surface area contributed by atoms with E-state index in [0.29, 0.717) is 6.54 Å². The van der Waals surface area contributed by atoms with Crippen LogP contribution < -0.4 is 20.1 Å². The van der Waals surface area contributed by atoms with Crippen LogP contribution in [-0.2, 0) is 19.5 Å².